The summed E-state index contributed by atoms with van der Waals surface area (Å²) in [6, 6.07) is 15.7. The molecule has 1 fully saturated rings. The Hall–Kier alpha value is -1.75. The van der Waals surface area contributed by atoms with Gasteiger partial charge in [-0.25, -0.2) is 4.79 Å². The summed E-state index contributed by atoms with van der Waals surface area (Å²) in [7, 11) is 0. The topological polar surface area (TPSA) is 32.8 Å². The largest absolute Gasteiger partial charge is 0.444 e. The maximum atomic E-state index is 12.7. The van der Waals surface area contributed by atoms with Gasteiger partial charge in [0.15, 0.2) is 0 Å². The number of carbonyl (C=O) groups is 1. The quantitative estimate of drug-likeness (QED) is 0.543. The van der Waals surface area contributed by atoms with Crippen LogP contribution in [0.2, 0.25) is 10.0 Å². The number of nitrogens with zero attached hydrogens (tertiary/aromatic N) is 2. The molecule has 6 heteroatoms. The van der Waals surface area contributed by atoms with Gasteiger partial charge in [-0.3, -0.25) is 4.90 Å². The highest BCUT2D eigenvalue weighted by atomic mass is 35.5. The predicted octanol–water partition coefficient (Wildman–Crippen LogP) is 6.41. The molecular weight excluding hydrogens is 419 g/mol. The van der Waals surface area contributed by atoms with Gasteiger partial charge in [0.05, 0.1) is 6.04 Å². The molecule has 162 valence electrons. The number of ether oxygens (including phenoxy) is 1. The molecule has 1 aliphatic rings. The summed E-state index contributed by atoms with van der Waals surface area (Å²) < 4.78 is 5.63. The third-order valence-corrected chi connectivity index (χ3v) is 6.08. The van der Waals surface area contributed by atoms with E-state index >= 15 is 0 Å². The van der Waals surface area contributed by atoms with Gasteiger partial charge >= 0.3 is 6.09 Å². The summed E-state index contributed by atoms with van der Waals surface area (Å²) in [5.41, 5.74) is 1.50. The van der Waals surface area contributed by atoms with Crippen LogP contribution in [-0.2, 0) is 4.74 Å². The van der Waals surface area contributed by atoms with Crippen molar-refractivity contribution in [2.75, 3.05) is 13.1 Å². The van der Waals surface area contributed by atoms with Gasteiger partial charge in [0.25, 0.3) is 0 Å². The Kier molecular flexibility index (Phi) is 7.01. The molecule has 0 aliphatic carbocycles. The third kappa shape index (κ3) is 5.11. The lowest BCUT2D eigenvalue weighted by Crippen LogP contribution is -2.59. The minimum absolute atomic E-state index is 0.0106. The number of rotatable bonds is 3. The van der Waals surface area contributed by atoms with Crippen molar-refractivity contribution < 1.29 is 9.53 Å². The Bertz CT molecular complexity index is 851. The normalized spacial score (nSPS) is 20.5. The molecule has 0 N–H and O–H groups in total. The van der Waals surface area contributed by atoms with Crippen LogP contribution in [0.1, 0.15) is 51.8 Å². The minimum Gasteiger partial charge on any atom is -0.444 e. The summed E-state index contributed by atoms with van der Waals surface area (Å²) in [6.45, 7) is 11.1. The molecule has 4 nitrogen and oxygen atoms in total. The van der Waals surface area contributed by atoms with Crippen LogP contribution < -0.4 is 0 Å². The van der Waals surface area contributed by atoms with Gasteiger partial charge in [0.2, 0.25) is 0 Å². The molecule has 0 spiro atoms. The van der Waals surface area contributed by atoms with Crippen LogP contribution in [-0.4, -0.2) is 46.7 Å². The second-order valence-electron chi connectivity index (χ2n) is 8.97. The van der Waals surface area contributed by atoms with Crippen LogP contribution in [0.25, 0.3) is 0 Å². The van der Waals surface area contributed by atoms with Crippen molar-refractivity contribution in [1.29, 1.82) is 0 Å². The van der Waals surface area contributed by atoms with E-state index in [1.807, 2.05) is 74.2 Å². The number of carbonyl (C=O) groups excluding carboxylic acids is 1. The Balaban J connectivity index is 1.95. The zero-order chi connectivity index (χ0) is 22.1. The number of amides is 1. The van der Waals surface area contributed by atoms with E-state index in [2.05, 4.69) is 18.7 Å². The predicted molar refractivity (Wildman–Crippen MR) is 123 cm³/mol. The molecule has 1 amide bonds. The first kappa shape index (κ1) is 22.9. The Labute approximate surface area is 189 Å². The maximum absolute atomic E-state index is 12.7. The van der Waals surface area contributed by atoms with Crippen molar-refractivity contribution in [1.82, 2.24) is 9.80 Å². The molecule has 0 unspecified atom stereocenters. The monoisotopic (exact) mass is 448 g/mol. The number of hydrogen-bond acceptors (Lipinski definition) is 3. The smallest absolute Gasteiger partial charge is 0.410 e. The SMILES string of the molecule is C[C@@H]1CN(C(=O)OC(C)(C)C)[C@@H](C)CN1C(c1ccccc1Cl)c1ccccc1Cl. The molecule has 2 aromatic rings. The lowest BCUT2D eigenvalue weighted by molar-refractivity contribution is -0.0163. The summed E-state index contributed by atoms with van der Waals surface area (Å²) >= 11 is 13.2. The van der Waals surface area contributed by atoms with Crippen molar-refractivity contribution in [2.24, 2.45) is 0 Å². The van der Waals surface area contributed by atoms with E-state index < -0.39 is 5.60 Å². The van der Waals surface area contributed by atoms with Crippen molar-refractivity contribution in [3.05, 3.63) is 69.7 Å². The fraction of sp³-hybridized carbons (Fsp3) is 0.458. The van der Waals surface area contributed by atoms with Crippen LogP contribution in [0, 0.1) is 0 Å². The average molecular weight is 449 g/mol. The van der Waals surface area contributed by atoms with Crippen LogP contribution in [0.15, 0.2) is 48.5 Å². The van der Waals surface area contributed by atoms with Gasteiger partial charge in [-0.1, -0.05) is 59.6 Å². The average Bonchev–Trinajstić information content (AvgIpc) is 2.65. The van der Waals surface area contributed by atoms with E-state index in [0.717, 1.165) is 11.1 Å². The van der Waals surface area contributed by atoms with Gasteiger partial charge < -0.3 is 9.64 Å². The second-order valence-corrected chi connectivity index (χ2v) is 9.79. The van der Waals surface area contributed by atoms with Gasteiger partial charge in [-0.15, -0.1) is 0 Å². The molecule has 0 bridgehead atoms. The number of halogens is 2. The maximum Gasteiger partial charge on any atom is 0.410 e. The first-order valence-corrected chi connectivity index (χ1v) is 11.1. The van der Waals surface area contributed by atoms with E-state index in [-0.39, 0.29) is 24.2 Å². The van der Waals surface area contributed by atoms with E-state index in [0.29, 0.717) is 23.1 Å². The van der Waals surface area contributed by atoms with Gasteiger partial charge in [0.1, 0.15) is 5.60 Å². The van der Waals surface area contributed by atoms with Crippen LogP contribution >= 0.6 is 23.2 Å². The zero-order valence-corrected chi connectivity index (χ0v) is 19.7. The van der Waals surface area contributed by atoms with Gasteiger partial charge in [0, 0.05) is 35.2 Å². The molecule has 0 aromatic heterocycles. The lowest BCUT2D eigenvalue weighted by Gasteiger charge is -2.47. The van der Waals surface area contributed by atoms with Crippen molar-refractivity contribution in [2.45, 2.75) is 58.3 Å². The Morgan fingerprint density at radius 3 is 1.90 bits per heavy atom. The van der Waals surface area contributed by atoms with Crippen molar-refractivity contribution >= 4 is 29.3 Å². The fourth-order valence-corrected chi connectivity index (χ4v) is 4.48. The molecule has 1 aliphatic heterocycles. The summed E-state index contributed by atoms with van der Waals surface area (Å²) in [5, 5.41) is 1.41. The second kappa shape index (κ2) is 9.17. The Morgan fingerprint density at radius 2 is 1.43 bits per heavy atom. The highest BCUT2D eigenvalue weighted by molar-refractivity contribution is 6.32. The van der Waals surface area contributed by atoms with Gasteiger partial charge in [-0.05, 0) is 57.9 Å². The number of piperazine rings is 1. The van der Waals surface area contributed by atoms with Crippen LogP contribution in [0.5, 0.6) is 0 Å². The van der Waals surface area contributed by atoms with E-state index in [1.54, 1.807) is 0 Å². The minimum atomic E-state index is -0.519. The molecule has 0 saturated carbocycles. The van der Waals surface area contributed by atoms with Gasteiger partial charge in [-0.2, -0.15) is 0 Å². The highest BCUT2D eigenvalue weighted by Crippen LogP contribution is 2.39. The molecule has 2 atom stereocenters. The summed E-state index contributed by atoms with van der Waals surface area (Å²) in [6.07, 6.45) is -0.270. The lowest BCUT2D eigenvalue weighted by atomic mass is 9.93. The van der Waals surface area contributed by atoms with E-state index in [9.17, 15) is 4.79 Å². The third-order valence-electron chi connectivity index (χ3n) is 5.39. The molecule has 0 radical (unpaired) electrons. The summed E-state index contributed by atoms with van der Waals surface area (Å²) in [5.74, 6) is 0. The van der Waals surface area contributed by atoms with E-state index in [4.69, 9.17) is 27.9 Å². The fourth-order valence-electron chi connectivity index (χ4n) is 4.01. The van der Waals surface area contributed by atoms with Crippen LogP contribution in [0.3, 0.4) is 0 Å². The number of hydrogen-bond donors (Lipinski definition) is 0. The molecule has 3 rings (SSSR count). The first-order chi connectivity index (χ1) is 14.1. The highest BCUT2D eigenvalue weighted by Gasteiger charge is 2.39. The molecular formula is C24H30Cl2N2O2. The summed E-state index contributed by atoms with van der Waals surface area (Å²) in [4.78, 5) is 16.9. The molecule has 30 heavy (non-hydrogen) atoms. The molecule has 1 heterocycles. The van der Waals surface area contributed by atoms with E-state index in [1.165, 1.54) is 0 Å². The first-order valence-electron chi connectivity index (χ1n) is 10.3. The molecule has 2 aromatic carbocycles. The van der Waals surface area contributed by atoms with Crippen LogP contribution in [0.4, 0.5) is 4.79 Å². The standard InChI is InChI=1S/C24H30Cl2N2O2/c1-16-15-28(23(29)30-24(3,4)5)17(2)14-27(16)22(18-10-6-8-12-20(18)25)19-11-7-9-13-21(19)26/h6-13,16-17,22H,14-15H2,1-5H3/t16-,17+/m1/s1. The van der Waals surface area contributed by atoms with Crippen molar-refractivity contribution in [3.63, 3.8) is 0 Å². The molecule has 1 saturated heterocycles. The Morgan fingerprint density at radius 1 is 0.933 bits per heavy atom. The van der Waals surface area contributed by atoms with Crippen molar-refractivity contribution in [3.8, 4) is 0 Å². The zero-order valence-electron chi connectivity index (χ0n) is 18.2. The number of benzene rings is 2.